The van der Waals surface area contributed by atoms with Crippen LogP contribution in [0.25, 0.3) is 0 Å². The van der Waals surface area contributed by atoms with Crippen LogP contribution in [0.3, 0.4) is 0 Å². The average Bonchev–Trinajstić information content (AvgIpc) is 2.87. The summed E-state index contributed by atoms with van der Waals surface area (Å²) in [6.45, 7) is 4.69. The summed E-state index contributed by atoms with van der Waals surface area (Å²) < 4.78 is 26.4. The van der Waals surface area contributed by atoms with E-state index in [0.29, 0.717) is 24.4 Å². The summed E-state index contributed by atoms with van der Waals surface area (Å²) in [6, 6.07) is 7.12. The SMILES string of the molecule is CCC(CC)NC(=O)CCCCCN=C1NS(=O)(=O)c2ccccc21. The van der Waals surface area contributed by atoms with E-state index in [1.165, 1.54) is 0 Å². The van der Waals surface area contributed by atoms with Crippen LogP contribution in [0.4, 0.5) is 0 Å². The third kappa shape index (κ3) is 5.29. The minimum absolute atomic E-state index is 0.109. The van der Waals surface area contributed by atoms with Crippen LogP contribution in [-0.2, 0) is 14.8 Å². The number of fused-ring (bicyclic) bond motifs is 1. The number of unbranched alkanes of at least 4 members (excludes halogenated alkanes) is 2. The van der Waals surface area contributed by atoms with Gasteiger partial charge in [0, 0.05) is 24.6 Å². The van der Waals surface area contributed by atoms with Gasteiger partial charge in [-0.1, -0.05) is 32.4 Å². The Morgan fingerprint density at radius 2 is 1.88 bits per heavy atom. The maximum Gasteiger partial charge on any atom is 0.263 e. The van der Waals surface area contributed by atoms with Gasteiger partial charge < -0.3 is 5.32 Å². The summed E-state index contributed by atoms with van der Waals surface area (Å²) >= 11 is 0. The van der Waals surface area contributed by atoms with Crippen LogP contribution in [0.5, 0.6) is 0 Å². The zero-order valence-corrected chi connectivity index (χ0v) is 15.7. The fourth-order valence-corrected chi connectivity index (χ4v) is 4.06. The van der Waals surface area contributed by atoms with Crippen molar-refractivity contribution in [2.75, 3.05) is 6.54 Å². The number of sulfonamides is 1. The monoisotopic (exact) mass is 365 g/mol. The normalized spacial score (nSPS) is 16.7. The molecule has 0 spiro atoms. The zero-order valence-electron chi connectivity index (χ0n) is 14.9. The number of carbonyl (C=O) groups excluding carboxylic acids is 1. The lowest BCUT2D eigenvalue weighted by Gasteiger charge is -2.14. The molecule has 0 bridgehead atoms. The van der Waals surface area contributed by atoms with Crippen molar-refractivity contribution in [2.45, 2.75) is 63.3 Å². The van der Waals surface area contributed by atoms with Gasteiger partial charge in [-0.15, -0.1) is 0 Å². The van der Waals surface area contributed by atoms with E-state index >= 15 is 0 Å². The third-order valence-corrected chi connectivity index (χ3v) is 5.74. The molecule has 0 saturated heterocycles. The highest BCUT2D eigenvalue weighted by Gasteiger charge is 2.29. The summed E-state index contributed by atoms with van der Waals surface area (Å²) in [5, 5.41) is 3.03. The predicted octanol–water partition coefficient (Wildman–Crippen LogP) is 2.59. The molecule has 0 unspecified atom stereocenters. The lowest BCUT2D eigenvalue weighted by Crippen LogP contribution is -2.33. The van der Waals surface area contributed by atoms with Gasteiger partial charge >= 0.3 is 0 Å². The number of benzene rings is 1. The first-order chi connectivity index (χ1) is 12.0. The van der Waals surface area contributed by atoms with Gasteiger partial charge in [0.25, 0.3) is 10.0 Å². The second-order valence-electron chi connectivity index (χ2n) is 6.22. The highest BCUT2D eigenvalue weighted by atomic mass is 32.2. The molecule has 138 valence electrons. The Hall–Kier alpha value is -1.89. The summed E-state index contributed by atoms with van der Waals surface area (Å²) in [6.07, 6.45) is 4.98. The van der Waals surface area contributed by atoms with E-state index in [4.69, 9.17) is 0 Å². The van der Waals surface area contributed by atoms with Gasteiger partial charge in [0.2, 0.25) is 5.91 Å². The molecular weight excluding hydrogens is 338 g/mol. The van der Waals surface area contributed by atoms with Crippen LogP contribution < -0.4 is 10.0 Å². The molecule has 0 atom stereocenters. The van der Waals surface area contributed by atoms with E-state index in [1.807, 2.05) is 0 Å². The van der Waals surface area contributed by atoms with Gasteiger partial charge in [-0.3, -0.25) is 14.5 Å². The molecule has 1 amide bonds. The van der Waals surface area contributed by atoms with Crippen molar-refractivity contribution in [1.82, 2.24) is 10.0 Å². The molecule has 0 saturated carbocycles. The molecule has 0 aromatic heterocycles. The minimum atomic E-state index is -3.46. The van der Waals surface area contributed by atoms with Crippen LogP contribution in [0.2, 0.25) is 0 Å². The van der Waals surface area contributed by atoms with Gasteiger partial charge in [0.1, 0.15) is 5.84 Å². The van der Waals surface area contributed by atoms with Gasteiger partial charge in [0.15, 0.2) is 0 Å². The zero-order chi connectivity index (χ0) is 18.3. The summed E-state index contributed by atoms with van der Waals surface area (Å²) in [4.78, 5) is 16.5. The van der Waals surface area contributed by atoms with Crippen molar-refractivity contribution in [3.63, 3.8) is 0 Å². The number of hydrogen-bond acceptors (Lipinski definition) is 4. The Morgan fingerprint density at radius 1 is 1.16 bits per heavy atom. The van der Waals surface area contributed by atoms with Crippen molar-refractivity contribution in [3.8, 4) is 0 Å². The molecule has 1 aliphatic rings. The van der Waals surface area contributed by atoms with E-state index in [-0.39, 0.29) is 16.8 Å². The molecule has 1 heterocycles. The van der Waals surface area contributed by atoms with Gasteiger partial charge in [-0.05, 0) is 37.8 Å². The standard InChI is InChI=1S/C18H27N3O3S/c1-3-14(4-2)20-17(22)12-6-5-9-13-19-18-15-10-7-8-11-16(15)25(23,24)21-18/h7-8,10-11,14H,3-6,9,12-13H2,1-2H3,(H,19,21)(H,20,22). The molecule has 6 nitrogen and oxygen atoms in total. The second-order valence-corrected chi connectivity index (χ2v) is 7.87. The lowest BCUT2D eigenvalue weighted by atomic mass is 10.1. The molecule has 0 radical (unpaired) electrons. The second kappa shape index (κ2) is 8.99. The fourth-order valence-electron chi connectivity index (χ4n) is 2.81. The molecule has 1 aromatic rings. The Bertz CT molecular complexity index is 725. The highest BCUT2D eigenvalue weighted by molar-refractivity contribution is 7.90. The van der Waals surface area contributed by atoms with Crippen LogP contribution >= 0.6 is 0 Å². The van der Waals surface area contributed by atoms with Gasteiger partial charge in [-0.2, -0.15) is 0 Å². The number of carbonyl (C=O) groups is 1. The predicted molar refractivity (Wildman–Crippen MR) is 99.1 cm³/mol. The molecule has 2 rings (SSSR count). The number of aliphatic imine (C=N–C) groups is 1. The largest absolute Gasteiger partial charge is 0.353 e. The summed E-state index contributed by atoms with van der Waals surface area (Å²) in [7, 11) is -3.46. The molecule has 7 heteroatoms. The smallest absolute Gasteiger partial charge is 0.263 e. The maximum absolute atomic E-state index is 12.0. The van der Waals surface area contributed by atoms with Crippen LogP contribution in [0.15, 0.2) is 34.2 Å². The van der Waals surface area contributed by atoms with E-state index in [2.05, 4.69) is 28.9 Å². The lowest BCUT2D eigenvalue weighted by molar-refractivity contribution is -0.121. The van der Waals surface area contributed by atoms with Crippen molar-refractivity contribution in [2.24, 2.45) is 4.99 Å². The van der Waals surface area contributed by atoms with Crippen LogP contribution in [0, 0.1) is 0 Å². The first-order valence-electron chi connectivity index (χ1n) is 8.94. The van der Waals surface area contributed by atoms with Crippen LogP contribution in [0.1, 0.15) is 57.9 Å². The molecule has 1 aliphatic heterocycles. The Morgan fingerprint density at radius 3 is 2.60 bits per heavy atom. The van der Waals surface area contributed by atoms with Gasteiger partial charge in [-0.25, -0.2) is 8.42 Å². The minimum Gasteiger partial charge on any atom is -0.353 e. The first kappa shape index (κ1) is 19.4. The number of nitrogens with one attached hydrogen (secondary N) is 2. The van der Waals surface area contributed by atoms with Crippen molar-refractivity contribution < 1.29 is 13.2 Å². The number of nitrogens with zero attached hydrogens (tertiary/aromatic N) is 1. The quantitative estimate of drug-likeness (QED) is 0.659. The highest BCUT2D eigenvalue weighted by Crippen LogP contribution is 2.22. The fraction of sp³-hybridized carbons (Fsp3) is 0.556. The number of amides is 1. The van der Waals surface area contributed by atoms with Crippen molar-refractivity contribution >= 4 is 21.8 Å². The summed E-state index contributed by atoms with van der Waals surface area (Å²) in [5.74, 6) is 0.527. The maximum atomic E-state index is 12.0. The van der Waals surface area contributed by atoms with E-state index in [0.717, 1.165) is 32.1 Å². The number of rotatable bonds is 9. The molecular formula is C18H27N3O3S. The molecule has 2 N–H and O–H groups in total. The average molecular weight is 365 g/mol. The topological polar surface area (TPSA) is 87.6 Å². The Labute approximate surface area is 150 Å². The van der Waals surface area contributed by atoms with E-state index in [1.54, 1.807) is 24.3 Å². The van der Waals surface area contributed by atoms with E-state index < -0.39 is 10.0 Å². The number of hydrogen-bond donors (Lipinski definition) is 2. The molecule has 25 heavy (non-hydrogen) atoms. The van der Waals surface area contributed by atoms with Crippen molar-refractivity contribution in [3.05, 3.63) is 29.8 Å². The first-order valence-corrected chi connectivity index (χ1v) is 10.4. The van der Waals surface area contributed by atoms with E-state index in [9.17, 15) is 13.2 Å². The number of amidine groups is 1. The molecule has 0 fully saturated rings. The van der Waals surface area contributed by atoms with Crippen molar-refractivity contribution in [1.29, 1.82) is 0 Å². The third-order valence-electron chi connectivity index (χ3n) is 4.35. The Balaban J connectivity index is 1.73. The van der Waals surface area contributed by atoms with Gasteiger partial charge in [0.05, 0.1) is 4.90 Å². The van der Waals surface area contributed by atoms with Crippen LogP contribution in [-0.4, -0.2) is 32.7 Å². The molecule has 0 aliphatic carbocycles. The molecule has 1 aromatic carbocycles. The summed E-state index contributed by atoms with van der Waals surface area (Å²) in [5.41, 5.74) is 0.632. The Kier molecular flexibility index (Phi) is 6.99.